The van der Waals surface area contributed by atoms with E-state index >= 15 is 0 Å². The second-order valence-electron chi connectivity index (χ2n) is 8.11. The summed E-state index contributed by atoms with van der Waals surface area (Å²) in [6.07, 6.45) is 0.651. The van der Waals surface area contributed by atoms with Crippen LogP contribution in [0.25, 0.3) is 11.0 Å². The second kappa shape index (κ2) is 9.53. The van der Waals surface area contributed by atoms with Gasteiger partial charge in [0.05, 0.1) is 17.0 Å². The van der Waals surface area contributed by atoms with Gasteiger partial charge in [-0.25, -0.2) is 0 Å². The third kappa shape index (κ3) is 4.08. The van der Waals surface area contributed by atoms with E-state index in [9.17, 15) is 9.59 Å². The van der Waals surface area contributed by atoms with Crippen molar-refractivity contribution in [3.05, 3.63) is 106 Å². The van der Waals surface area contributed by atoms with Crippen molar-refractivity contribution in [2.45, 2.75) is 19.4 Å². The zero-order valence-corrected chi connectivity index (χ0v) is 18.9. The van der Waals surface area contributed by atoms with Crippen LogP contribution < -0.4 is 10.2 Å². The standard InChI is InChI=1S/C28H25NO5/c1-2-32-17-9-16-29-25(19-10-8-13-21(18-19)33-20-11-4-3-5-12-20)24-26(30)22-14-6-7-15-23(22)34-27(24)28(29)31/h3-8,10-15,18,25H,2,9,16-17H2,1H3. The number of fused-ring (bicyclic) bond motifs is 2. The molecule has 5 rings (SSSR count). The van der Waals surface area contributed by atoms with Crippen molar-refractivity contribution in [3.8, 4) is 11.5 Å². The van der Waals surface area contributed by atoms with Crippen molar-refractivity contribution in [2.75, 3.05) is 19.8 Å². The van der Waals surface area contributed by atoms with Gasteiger partial charge in [0, 0.05) is 19.8 Å². The lowest BCUT2D eigenvalue weighted by Crippen LogP contribution is -2.31. The number of carbonyl (C=O) groups excluding carboxylic acids is 1. The summed E-state index contributed by atoms with van der Waals surface area (Å²) >= 11 is 0. The monoisotopic (exact) mass is 455 g/mol. The molecule has 0 aliphatic carbocycles. The van der Waals surface area contributed by atoms with Crippen LogP contribution >= 0.6 is 0 Å². The smallest absolute Gasteiger partial charge is 0.290 e. The van der Waals surface area contributed by atoms with Gasteiger partial charge < -0.3 is 18.8 Å². The van der Waals surface area contributed by atoms with Crippen molar-refractivity contribution >= 4 is 16.9 Å². The largest absolute Gasteiger partial charge is 0.457 e. The molecule has 1 unspecified atom stereocenters. The van der Waals surface area contributed by atoms with Crippen LogP contribution in [0.1, 0.15) is 41.1 Å². The number of ether oxygens (including phenoxy) is 2. The normalized spacial score (nSPS) is 15.0. The SMILES string of the molecule is CCOCCCN1C(=O)c2oc3ccccc3c(=O)c2C1c1cccc(Oc2ccccc2)c1. The van der Waals surface area contributed by atoms with Crippen molar-refractivity contribution in [1.82, 2.24) is 4.90 Å². The summed E-state index contributed by atoms with van der Waals surface area (Å²) in [5, 5.41) is 0.465. The van der Waals surface area contributed by atoms with E-state index in [0.29, 0.717) is 54.2 Å². The van der Waals surface area contributed by atoms with E-state index < -0.39 is 6.04 Å². The Morgan fingerprint density at radius 1 is 0.912 bits per heavy atom. The van der Waals surface area contributed by atoms with Gasteiger partial charge in [-0.2, -0.15) is 0 Å². The lowest BCUT2D eigenvalue weighted by molar-refractivity contribution is 0.0695. The molecule has 0 saturated heterocycles. The second-order valence-corrected chi connectivity index (χ2v) is 8.11. The third-order valence-electron chi connectivity index (χ3n) is 5.92. The predicted octanol–water partition coefficient (Wildman–Crippen LogP) is 5.56. The molecule has 2 heterocycles. The van der Waals surface area contributed by atoms with E-state index in [4.69, 9.17) is 13.9 Å². The maximum Gasteiger partial charge on any atom is 0.290 e. The Morgan fingerprint density at radius 3 is 2.50 bits per heavy atom. The molecule has 1 atom stereocenters. The Labute approximate surface area is 197 Å². The Kier molecular flexibility index (Phi) is 6.14. The highest BCUT2D eigenvalue weighted by atomic mass is 16.5. The van der Waals surface area contributed by atoms with Crippen LogP contribution in [0.2, 0.25) is 0 Å². The molecule has 1 amide bonds. The molecule has 1 aliphatic heterocycles. The molecule has 0 saturated carbocycles. The molecule has 4 aromatic rings. The van der Waals surface area contributed by atoms with Gasteiger partial charge in [0.1, 0.15) is 17.1 Å². The van der Waals surface area contributed by atoms with Gasteiger partial charge in [-0.3, -0.25) is 9.59 Å². The number of rotatable bonds is 8. The molecule has 0 bridgehead atoms. The minimum absolute atomic E-state index is 0.111. The lowest BCUT2D eigenvalue weighted by atomic mass is 9.98. The average Bonchev–Trinajstić information content (AvgIpc) is 3.14. The quantitative estimate of drug-likeness (QED) is 0.326. The number of amides is 1. The molecule has 34 heavy (non-hydrogen) atoms. The van der Waals surface area contributed by atoms with Crippen molar-refractivity contribution in [3.63, 3.8) is 0 Å². The minimum atomic E-state index is -0.565. The number of hydrogen-bond acceptors (Lipinski definition) is 5. The molecule has 0 N–H and O–H groups in total. The van der Waals surface area contributed by atoms with Crippen LogP contribution in [0.4, 0.5) is 0 Å². The van der Waals surface area contributed by atoms with E-state index in [2.05, 4.69) is 0 Å². The van der Waals surface area contributed by atoms with E-state index in [1.807, 2.05) is 61.5 Å². The van der Waals surface area contributed by atoms with Crippen LogP contribution in [-0.4, -0.2) is 30.6 Å². The number of hydrogen-bond donors (Lipinski definition) is 0. The molecule has 1 aromatic heterocycles. The summed E-state index contributed by atoms with van der Waals surface area (Å²) in [4.78, 5) is 28.7. The van der Waals surface area contributed by atoms with Crippen LogP contribution in [0.15, 0.2) is 88.1 Å². The fourth-order valence-corrected chi connectivity index (χ4v) is 4.40. The molecular formula is C28H25NO5. The molecule has 3 aromatic carbocycles. The first-order valence-electron chi connectivity index (χ1n) is 11.4. The Morgan fingerprint density at radius 2 is 1.68 bits per heavy atom. The van der Waals surface area contributed by atoms with Gasteiger partial charge in [-0.15, -0.1) is 0 Å². The first kappa shape index (κ1) is 21.9. The third-order valence-corrected chi connectivity index (χ3v) is 5.92. The Bertz CT molecular complexity index is 1380. The zero-order valence-electron chi connectivity index (χ0n) is 18.9. The van der Waals surface area contributed by atoms with Gasteiger partial charge in [0.15, 0.2) is 5.43 Å². The molecular weight excluding hydrogens is 430 g/mol. The molecule has 6 nitrogen and oxygen atoms in total. The first-order chi connectivity index (χ1) is 16.7. The molecule has 1 aliphatic rings. The van der Waals surface area contributed by atoms with Gasteiger partial charge in [0.25, 0.3) is 5.91 Å². The fraction of sp³-hybridized carbons (Fsp3) is 0.214. The maximum absolute atomic E-state index is 13.6. The number of para-hydroxylation sites is 2. The summed E-state index contributed by atoms with van der Waals surface area (Å²) < 4.78 is 17.5. The fourth-order valence-electron chi connectivity index (χ4n) is 4.40. The van der Waals surface area contributed by atoms with Crippen molar-refractivity contribution < 1.29 is 18.7 Å². The van der Waals surface area contributed by atoms with Crippen molar-refractivity contribution in [2.24, 2.45) is 0 Å². The van der Waals surface area contributed by atoms with Crippen molar-refractivity contribution in [1.29, 1.82) is 0 Å². The van der Waals surface area contributed by atoms with E-state index in [1.165, 1.54) is 0 Å². The summed E-state index contributed by atoms with van der Waals surface area (Å²) in [5.74, 6) is 1.17. The molecule has 0 radical (unpaired) electrons. The van der Waals surface area contributed by atoms with E-state index in [-0.39, 0.29) is 17.1 Å². The van der Waals surface area contributed by atoms with E-state index in [1.54, 1.807) is 29.2 Å². The minimum Gasteiger partial charge on any atom is -0.457 e. The van der Waals surface area contributed by atoms with Crippen LogP contribution in [0, 0.1) is 0 Å². The number of carbonyl (C=O) groups is 1. The Hall–Kier alpha value is -3.90. The zero-order chi connectivity index (χ0) is 23.5. The first-order valence-corrected chi connectivity index (χ1v) is 11.4. The topological polar surface area (TPSA) is 69.0 Å². The highest BCUT2D eigenvalue weighted by Crippen LogP contribution is 2.39. The summed E-state index contributed by atoms with van der Waals surface area (Å²) in [5.41, 5.74) is 1.39. The lowest BCUT2D eigenvalue weighted by Gasteiger charge is -2.25. The average molecular weight is 456 g/mol. The van der Waals surface area contributed by atoms with Gasteiger partial charge >= 0.3 is 0 Å². The highest BCUT2D eigenvalue weighted by molar-refractivity contribution is 5.99. The number of nitrogens with zero attached hydrogens (tertiary/aromatic N) is 1. The van der Waals surface area contributed by atoms with Crippen LogP contribution in [0.3, 0.4) is 0 Å². The van der Waals surface area contributed by atoms with Gasteiger partial charge in [0.2, 0.25) is 5.76 Å². The maximum atomic E-state index is 13.6. The highest BCUT2D eigenvalue weighted by Gasteiger charge is 2.42. The molecule has 0 spiro atoms. The predicted molar refractivity (Wildman–Crippen MR) is 129 cm³/mol. The van der Waals surface area contributed by atoms with Gasteiger partial charge in [-0.05, 0) is 55.3 Å². The number of benzene rings is 3. The molecule has 0 fully saturated rings. The summed E-state index contributed by atoms with van der Waals surface area (Å²) in [6.45, 7) is 3.52. The molecule has 6 heteroatoms. The summed E-state index contributed by atoms with van der Waals surface area (Å²) in [7, 11) is 0. The van der Waals surface area contributed by atoms with Gasteiger partial charge in [-0.1, -0.05) is 42.5 Å². The van der Waals surface area contributed by atoms with Crippen LogP contribution in [0.5, 0.6) is 11.5 Å². The summed E-state index contributed by atoms with van der Waals surface area (Å²) in [6, 6.07) is 23.5. The molecule has 172 valence electrons. The Balaban J connectivity index is 1.58. The van der Waals surface area contributed by atoms with Crippen LogP contribution in [-0.2, 0) is 4.74 Å². The van der Waals surface area contributed by atoms with E-state index in [0.717, 1.165) is 5.56 Å².